The minimum atomic E-state index is -1.73. The number of rotatable bonds is 2. The van der Waals surface area contributed by atoms with E-state index in [-0.39, 0.29) is 27.5 Å². The van der Waals surface area contributed by atoms with Crippen molar-refractivity contribution in [2.75, 3.05) is 0 Å². The molecule has 0 saturated carbocycles. The number of nitrogens with two attached hydrogens (primary N) is 1. The van der Waals surface area contributed by atoms with E-state index in [9.17, 15) is 9.59 Å². The molecule has 1 unspecified atom stereocenters. The number of amides is 1. The molecule has 1 atom stereocenters. The van der Waals surface area contributed by atoms with Gasteiger partial charge in [0.05, 0.1) is 0 Å². The summed E-state index contributed by atoms with van der Waals surface area (Å²) < 4.78 is 4.87. The van der Waals surface area contributed by atoms with E-state index in [0.717, 1.165) is 8.72 Å². The maximum atomic E-state index is 11.9. The van der Waals surface area contributed by atoms with Gasteiger partial charge in [0.2, 0.25) is 0 Å². The molecule has 0 fully saturated rings. The monoisotopic (exact) mass is 390 g/mol. The van der Waals surface area contributed by atoms with E-state index in [0.29, 0.717) is 10.9 Å². The van der Waals surface area contributed by atoms with Crippen LogP contribution >= 0.6 is 0 Å². The number of H-pyrrole nitrogens is 1. The molecule has 2 aromatic carbocycles. The van der Waals surface area contributed by atoms with E-state index in [4.69, 9.17) is 5.73 Å². The van der Waals surface area contributed by atoms with Gasteiger partial charge < -0.3 is 21.9 Å². The second kappa shape index (κ2) is 9.01. The summed E-state index contributed by atoms with van der Waals surface area (Å²) in [5.41, 5.74) is 5.83. The molecule has 1 amide bonds. The van der Waals surface area contributed by atoms with Crippen molar-refractivity contribution in [3.8, 4) is 4.46 Å². The molecule has 23 heavy (non-hydrogen) atoms. The normalized spacial score (nSPS) is 9.65. The van der Waals surface area contributed by atoms with Crippen LogP contribution in [0, 0.1) is 0 Å². The molecule has 1 heterocycles. The Balaban J connectivity index is 0. The minimum Gasteiger partial charge on any atom is -0.870 e. The van der Waals surface area contributed by atoms with Crippen molar-refractivity contribution in [1.82, 2.24) is 3.98 Å². The second-order valence-electron chi connectivity index (χ2n) is 4.09. The van der Waals surface area contributed by atoms with Gasteiger partial charge in [-0.05, 0) is 0 Å². The fourth-order valence-electron chi connectivity index (χ4n) is 2.06. The zero-order chi connectivity index (χ0) is 13.4. The first-order valence-corrected chi connectivity index (χ1v) is 8.28. The third kappa shape index (κ3) is 3.93. The molecular weight excluding hydrogens is 371 g/mol. The predicted octanol–water partition coefficient (Wildman–Crippen LogP) is -1.29. The summed E-state index contributed by atoms with van der Waals surface area (Å²) in [6.45, 7) is 0. The third-order valence-electron chi connectivity index (χ3n) is 2.92. The largest absolute Gasteiger partial charge is 0.870 e. The van der Waals surface area contributed by atoms with Crippen molar-refractivity contribution in [1.29, 1.82) is 0 Å². The van der Waals surface area contributed by atoms with E-state index in [1.54, 1.807) is 18.2 Å². The van der Waals surface area contributed by atoms with Gasteiger partial charge in [0.15, 0.2) is 0 Å². The number of fused-ring (bicyclic) bond motifs is 1. The van der Waals surface area contributed by atoms with Crippen molar-refractivity contribution in [2.45, 2.75) is 0 Å². The van der Waals surface area contributed by atoms with E-state index in [2.05, 4.69) is 3.98 Å². The number of aromatic nitrogens is 1. The fraction of sp³-hybridized carbons (Fsp3) is 0. The number of nitrogens with one attached hydrogen (secondary N) is 1. The van der Waals surface area contributed by atoms with Gasteiger partial charge in [-0.15, -0.1) is 0 Å². The van der Waals surface area contributed by atoms with Gasteiger partial charge in [-0.25, -0.2) is 0 Å². The van der Waals surface area contributed by atoms with Crippen molar-refractivity contribution in [3.63, 3.8) is 0 Å². The average molecular weight is 389 g/mol. The summed E-state index contributed by atoms with van der Waals surface area (Å²) in [4.78, 5) is 23.4. The molecule has 0 bridgehead atoms. The van der Waals surface area contributed by atoms with Crippen LogP contribution in [0.4, 0.5) is 0 Å². The predicted molar refractivity (Wildman–Crippen MR) is 88.7 cm³/mol. The summed E-state index contributed by atoms with van der Waals surface area (Å²) in [5.74, 6) is -0.460. The Labute approximate surface area is 135 Å². The van der Waals surface area contributed by atoms with E-state index in [1.165, 1.54) is 0 Å². The van der Waals surface area contributed by atoms with Gasteiger partial charge in [-0.2, -0.15) is 0 Å². The fourth-order valence-corrected chi connectivity index (χ4v) is 6.15. The van der Waals surface area contributed by atoms with Crippen LogP contribution < -0.4 is 11.3 Å². The van der Waals surface area contributed by atoms with Crippen molar-refractivity contribution in [3.05, 3.63) is 64.4 Å². The van der Waals surface area contributed by atoms with Crippen LogP contribution in [0.5, 0.6) is 0 Å². The quantitative estimate of drug-likeness (QED) is 0.514. The Morgan fingerprint density at radius 2 is 1.52 bits per heavy atom. The number of carbonyl (C=O) groups is 1. The molecule has 0 saturated heterocycles. The summed E-state index contributed by atoms with van der Waals surface area (Å²) in [7, 11) is 0. The van der Waals surface area contributed by atoms with Gasteiger partial charge in [0.25, 0.3) is 0 Å². The standard InChI is InChI=1S/C14H10N2O2Se.4H2O/c15-13(17)9-5-1-3-7-11(9)19-12-8-4-2-6-10(12)14(18)16-19;;;;/h1-8H,(H2-,15,16,17,18);4*1H2. The zero-order valence-corrected chi connectivity index (χ0v) is 13.6. The number of carbonyl (C=O) groups excluding carboxylic acids is 1. The smallest absolute Gasteiger partial charge is 0.412 e. The molecule has 3 aromatic rings. The molecule has 3 rings (SSSR count). The van der Waals surface area contributed by atoms with E-state index in [1.807, 2.05) is 30.3 Å². The first kappa shape index (κ1) is 23.0. The van der Waals surface area contributed by atoms with Crippen LogP contribution in [0.3, 0.4) is 0 Å². The molecule has 0 aliphatic rings. The molecule has 0 aliphatic heterocycles. The third-order valence-corrected chi connectivity index (χ3v) is 7.08. The van der Waals surface area contributed by atoms with Gasteiger partial charge in [-0.1, -0.05) is 0 Å². The molecule has 9 heteroatoms. The van der Waals surface area contributed by atoms with Crippen LogP contribution in [-0.2, 0) is 0 Å². The maximum absolute atomic E-state index is 11.9. The number of hydrogen-bond acceptors (Lipinski definition) is 3. The molecule has 0 spiro atoms. The van der Waals surface area contributed by atoms with E-state index < -0.39 is 19.6 Å². The van der Waals surface area contributed by atoms with Crippen LogP contribution in [0.2, 0.25) is 0 Å². The first-order chi connectivity index (χ1) is 9.18. The van der Waals surface area contributed by atoms with Gasteiger partial charge in [-0.3, -0.25) is 0 Å². The summed E-state index contributed by atoms with van der Waals surface area (Å²) in [6, 6.07) is 14.7. The Morgan fingerprint density at radius 1 is 0.957 bits per heavy atom. The number of aromatic amines is 1. The summed E-state index contributed by atoms with van der Waals surface area (Å²) >= 11 is -1.73. The molecule has 0 radical (unpaired) electrons. The topological polar surface area (TPSA) is 200 Å². The number of primary amides is 1. The summed E-state index contributed by atoms with van der Waals surface area (Å²) in [5, 5.41) is 0.701. The van der Waals surface area contributed by atoms with Crippen LogP contribution in [0.15, 0.2) is 53.3 Å². The van der Waals surface area contributed by atoms with Crippen LogP contribution in [-0.4, -0.2) is 45.5 Å². The molecule has 10 N–H and O–H groups in total. The van der Waals surface area contributed by atoms with Gasteiger partial charge in [0, 0.05) is 0 Å². The van der Waals surface area contributed by atoms with Crippen LogP contribution in [0.1, 0.15) is 10.4 Å². The van der Waals surface area contributed by atoms with Gasteiger partial charge >= 0.3 is 113 Å². The SMILES string of the molecule is NC(=O)c1ccccc1-[se+]1[nH]c(=O)c2ccccc21.O.O.O.[OH-]. The number of benzene rings is 2. The van der Waals surface area contributed by atoms with Crippen molar-refractivity contribution in [2.24, 2.45) is 5.73 Å². The molecule has 126 valence electrons. The minimum absolute atomic E-state index is 0. The Hall–Kier alpha value is -2.26. The van der Waals surface area contributed by atoms with E-state index >= 15 is 0 Å². The van der Waals surface area contributed by atoms with Gasteiger partial charge in [0.1, 0.15) is 0 Å². The van der Waals surface area contributed by atoms with Crippen molar-refractivity contribution >= 4 is 29.2 Å². The van der Waals surface area contributed by atoms with Crippen LogP contribution in [0.25, 0.3) is 14.1 Å². The Kier molecular flexibility index (Phi) is 9.01. The average Bonchev–Trinajstić information content (AvgIpc) is 2.77. The molecule has 1 aromatic heterocycles. The first-order valence-electron chi connectivity index (χ1n) is 5.71. The summed E-state index contributed by atoms with van der Waals surface area (Å²) in [6.07, 6.45) is 0. The molecular formula is C14H18N2O6Se. The Morgan fingerprint density at radius 3 is 2.17 bits per heavy atom. The Bertz CT molecular complexity index is 842. The molecule has 0 aliphatic carbocycles. The number of hydrogen-bond donors (Lipinski definition) is 2. The zero-order valence-electron chi connectivity index (χ0n) is 11.9. The van der Waals surface area contributed by atoms with Crippen molar-refractivity contribution < 1.29 is 26.7 Å². The maximum Gasteiger partial charge on any atom is -0.412 e. The molecule has 8 nitrogen and oxygen atoms in total. The second-order valence-corrected chi connectivity index (χ2v) is 7.65.